The molecular weight excluding hydrogens is 436 g/mol. The number of allylic oxidation sites excluding steroid dienone is 1. The lowest BCUT2D eigenvalue weighted by atomic mass is 9.95. The van der Waals surface area contributed by atoms with Gasteiger partial charge in [-0.05, 0) is 47.4 Å². The SMILES string of the molecule is O=C(N[C@@H](CC1=CCc2ccccc21)C(=O)O)C1CCN(S(=O)(=O)c2cccs2)CC1. The lowest BCUT2D eigenvalue weighted by molar-refractivity contribution is -0.142. The number of sulfonamides is 1. The van der Waals surface area contributed by atoms with Crippen LogP contribution in [0.5, 0.6) is 0 Å². The zero-order chi connectivity index (χ0) is 22.0. The molecule has 1 aliphatic heterocycles. The number of thiophene rings is 1. The van der Waals surface area contributed by atoms with Crippen LogP contribution in [-0.2, 0) is 26.0 Å². The third-order valence-electron chi connectivity index (χ3n) is 5.88. The Hall–Kier alpha value is -2.49. The van der Waals surface area contributed by atoms with Crippen LogP contribution in [0.25, 0.3) is 5.57 Å². The van der Waals surface area contributed by atoms with Gasteiger partial charge in [-0.25, -0.2) is 13.2 Å². The van der Waals surface area contributed by atoms with E-state index in [1.807, 2.05) is 30.3 Å². The van der Waals surface area contributed by atoms with E-state index in [0.717, 1.165) is 23.1 Å². The van der Waals surface area contributed by atoms with Crippen molar-refractivity contribution in [2.45, 2.75) is 35.9 Å². The zero-order valence-corrected chi connectivity index (χ0v) is 18.5. The summed E-state index contributed by atoms with van der Waals surface area (Å²) < 4.78 is 27.0. The quantitative estimate of drug-likeness (QED) is 0.661. The van der Waals surface area contributed by atoms with E-state index in [1.54, 1.807) is 17.5 Å². The summed E-state index contributed by atoms with van der Waals surface area (Å²) in [6.07, 6.45) is 3.75. The van der Waals surface area contributed by atoms with Crippen molar-refractivity contribution in [2.24, 2.45) is 5.92 Å². The number of carbonyl (C=O) groups is 2. The first-order chi connectivity index (χ1) is 14.9. The summed E-state index contributed by atoms with van der Waals surface area (Å²) in [5, 5.41) is 14.1. The van der Waals surface area contributed by atoms with Crippen LogP contribution in [0, 0.1) is 5.92 Å². The predicted octanol–water partition coefficient (Wildman–Crippen LogP) is 2.75. The number of benzene rings is 1. The molecule has 1 atom stereocenters. The molecular formula is C22H24N2O5S2. The highest BCUT2D eigenvalue weighted by Gasteiger charge is 2.34. The first-order valence-corrected chi connectivity index (χ1v) is 12.5. The zero-order valence-electron chi connectivity index (χ0n) is 16.9. The van der Waals surface area contributed by atoms with Gasteiger partial charge in [0.1, 0.15) is 10.3 Å². The number of carboxylic acids is 1. The molecule has 0 radical (unpaired) electrons. The fraction of sp³-hybridized carbons (Fsp3) is 0.364. The molecule has 0 spiro atoms. The normalized spacial score (nSPS) is 18.3. The number of amides is 1. The molecule has 4 rings (SSSR count). The second kappa shape index (κ2) is 8.94. The maximum Gasteiger partial charge on any atom is 0.326 e. The molecule has 1 aliphatic carbocycles. The lowest BCUT2D eigenvalue weighted by Crippen LogP contribution is -2.47. The molecule has 1 saturated heterocycles. The van der Waals surface area contributed by atoms with E-state index in [-0.39, 0.29) is 25.4 Å². The minimum atomic E-state index is -3.53. The van der Waals surface area contributed by atoms with Gasteiger partial charge in [-0.1, -0.05) is 36.4 Å². The smallest absolute Gasteiger partial charge is 0.326 e. The summed E-state index contributed by atoms with van der Waals surface area (Å²) in [7, 11) is -3.53. The average molecular weight is 461 g/mol. The van der Waals surface area contributed by atoms with Crippen molar-refractivity contribution in [3.8, 4) is 0 Å². The van der Waals surface area contributed by atoms with E-state index in [9.17, 15) is 23.1 Å². The first-order valence-electron chi connectivity index (χ1n) is 10.2. The van der Waals surface area contributed by atoms with E-state index >= 15 is 0 Å². The molecule has 164 valence electrons. The van der Waals surface area contributed by atoms with Crippen LogP contribution in [0.3, 0.4) is 0 Å². The number of fused-ring (bicyclic) bond motifs is 1. The Morgan fingerprint density at radius 3 is 2.58 bits per heavy atom. The number of nitrogens with one attached hydrogen (secondary N) is 1. The standard InChI is InChI=1S/C22H24N2O5S2/c25-21(16-9-11-24(12-10-16)31(28,29)20-6-3-13-30-20)23-19(22(26)27)14-17-8-7-15-4-1-2-5-18(15)17/h1-6,8,13,16,19H,7,9-12,14H2,(H,23,25)(H,26,27)/t19-/m0/s1. The molecule has 9 heteroatoms. The number of piperidine rings is 1. The molecule has 2 aromatic rings. The largest absolute Gasteiger partial charge is 0.480 e. The van der Waals surface area contributed by atoms with Crippen molar-refractivity contribution in [3.63, 3.8) is 0 Å². The Bertz CT molecular complexity index is 1100. The highest BCUT2D eigenvalue weighted by molar-refractivity contribution is 7.91. The molecule has 1 amide bonds. The van der Waals surface area contributed by atoms with Gasteiger partial charge in [0.05, 0.1) is 0 Å². The van der Waals surface area contributed by atoms with E-state index in [4.69, 9.17) is 0 Å². The second-order valence-corrected chi connectivity index (χ2v) is 10.9. The molecule has 1 fully saturated rings. The third-order valence-corrected chi connectivity index (χ3v) is 9.16. The van der Waals surface area contributed by atoms with E-state index < -0.39 is 28.0 Å². The van der Waals surface area contributed by atoms with Crippen molar-refractivity contribution in [1.29, 1.82) is 0 Å². The molecule has 31 heavy (non-hydrogen) atoms. The minimum Gasteiger partial charge on any atom is -0.480 e. The van der Waals surface area contributed by atoms with Gasteiger partial charge >= 0.3 is 5.97 Å². The van der Waals surface area contributed by atoms with Gasteiger partial charge in [-0.2, -0.15) is 4.31 Å². The number of hydrogen-bond donors (Lipinski definition) is 2. The van der Waals surface area contributed by atoms with Crippen molar-refractivity contribution in [3.05, 3.63) is 59.0 Å². The summed E-state index contributed by atoms with van der Waals surface area (Å²) in [5.74, 6) is -1.80. The molecule has 0 unspecified atom stereocenters. The summed E-state index contributed by atoms with van der Waals surface area (Å²) in [6.45, 7) is 0.489. The molecule has 1 aromatic heterocycles. The van der Waals surface area contributed by atoms with Crippen LogP contribution in [0.15, 0.2) is 52.1 Å². The highest BCUT2D eigenvalue weighted by atomic mass is 32.2. The maximum absolute atomic E-state index is 12.8. The van der Waals surface area contributed by atoms with Crippen LogP contribution < -0.4 is 5.32 Å². The maximum atomic E-state index is 12.8. The van der Waals surface area contributed by atoms with E-state index in [0.29, 0.717) is 17.1 Å². The number of rotatable bonds is 7. The Morgan fingerprint density at radius 2 is 1.90 bits per heavy atom. The van der Waals surface area contributed by atoms with Crippen LogP contribution >= 0.6 is 11.3 Å². The van der Waals surface area contributed by atoms with Crippen LogP contribution in [0.4, 0.5) is 0 Å². The van der Waals surface area contributed by atoms with E-state index in [1.165, 1.54) is 15.6 Å². The van der Waals surface area contributed by atoms with Gasteiger partial charge < -0.3 is 10.4 Å². The van der Waals surface area contributed by atoms with Crippen LogP contribution in [0.1, 0.15) is 30.4 Å². The van der Waals surface area contributed by atoms with Crippen molar-refractivity contribution >= 4 is 38.8 Å². The van der Waals surface area contributed by atoms with Crippen molar-refractivity contribution in [1.82, 2.24) is 9.62 Å². The van der Waals surface area contributed by atoms with Crippen molar-refractivity contribution < 1.29 is 23.1 Å². The van der Waals surface area contributed by atoms with Crippen molar-refractivity contribution in [2.75, 3.05) is 13.1 Å². The fourth-order valence-corrected chi connectivity index (χ4v) is 6.77. The molecule has 0 saturated carbocycles. The Balaban J connectivity index is 1.36. The number of hydrogen-bond acceptors (Lipinski definition) is 5. The lowest BCUT2D eigenvalue weighted by Gasteiger charge is -2.30. The summed E-state index contributed by atoms with van der Waals surface area (Å²) in [4.78, 5) is 24.6. The Morgan fingerprint density at radius 1 is 1.16 bits per heavy atom. The van der Waals surface area contributed by atoms with Gasteiger partial charge in [-0.3, -0.25) is 4.79 Å². The Labute approximate surface area is 185 Å². The second-order valence-electron chi connectivity index (χ2n) is 7.80. The van der Waals surface area contributed by atoms with Gasteiger partial charge in [0.2, 0.25) is 5.91 Å². The van der Waals surface area contributed by atoms with Gasteiger partial charge in [0.15, 0.2) is 0 Å². The summed E-state index contributed by atoms with van der Waals surface area (Å²) in [6, 6.07) is 10.1. The van der Waals surface area contributed by atoms with E-state index in [2.05, 4.69) is 5.32 Å². The minimum absolute atomic E-state index is 0.226. The van der Waals surface area contributed by atoms with Gasteiger partial charge in [-0.15, -0.1) is 11.3 Å². The monoisotopic (exact) mass is 460 g/mol. The molecule has 1 aromatic carbocycles. The molecule has 2 N–H and O–H groups in total. The Kier molecular flexibility index (Phi) is 6.27. The van der Waals surface area contributed by atoms with Gasteiger partial charge in [0.25, 0.3) is 10.0 Å². The topological polar surface area (TPSA) is 104 Å². The molecule has 2 heterocycles. The predicted molar refractivity (Wildman–Crippen MR) is 118 cm³/mol. The number of carbonyl (C=O) groups excluding carboxylic acids is 1. The first kappa shape index (κ1) is 21.7. The third kappa shape index (κ3) is 4.58. The van der Waals surface area contributed by atoms with Crippen LogP contribution in [-0.4, -0.2) is 48.8 Å². The summed E-state index contributed by atoms with van der Waals surface area (Å²) >= 11 is 1.17. The average Bonchev–Trinajstić information content (AvgIpc) is 3.44. The summed E-state index contributed by atoms with van der Waals surface area (Å²) in [5.41, 5.74) is 3.13. The molecule has 2 aliphatic rings. The van der Waals surface area contributed by atoms with Gasteiger partial charge in [0, 0.05) is 25.4 Å². The number of nitrogens with zero attached hydrogens (tertiary/aromatic N) is 1. The number of aliphatic carboxylic acids is 1. The fourth-order valence-electron chi connectivity index (χ4n) is 4.15. The molecule has 7 nitrogen and oxygen atoms in total. The number of carboxylic acid groups (broad SMARTS) is 1. The van der Waals surface area contributed by atoms with Crippen LogP contribution in [0.2, 0.25) is 0 Å². The highest BCUT2D eigenvalue weighted by Crippen LogP contribution is 2.31. The molecule has 0 bridgehead atoms.